The molecule has 0 unspecified atom stereocenters. The van der Waals surface area contributed by atoms with Gasteiger partial charge < -0.3 is 19.4 Å². The molecule has 4 rings (SSSR count). The molecule has 0 bridgehead atoms. The Balaban J connectivity index is 1.67. The highest BCUT2D eigenvalue weighted by Crippen LogP contribution is 2.32. The van der Waals surface area contributed by atoms with Crippen LogP contribution in [-0.4, -0.2) is 73.0 Å². The van der Waals surface area contributed by atoms with Crippen LogP contribution in [0.25, 0.3) is 0 Å². The molecule has 0 saturated carbocycles. The summed E-state index contributed by atoms with van der Waals surface area (Å²) < 4.78 is 5.28. The van der Waals surface area contributed by atoms with E-state index in [9.17, 15) is 14.4 Å². The van der Waals surface area contributed by atoms with Crippen molar-refractivity contribution in [3.05, 3.63) is 29.8 Å². The van der Waals surface area contributed by atoms with Crippen molar-refractivity contribution < 1.29 is 19.1 Å². The predicted octanol–water partition coefficient (Wildman–Crippen LogP) is 0.497. The summed E-state index contributed by atoms with van der Waals surface area (Å²) in [7, 11) is 0. The minimum Gasteiger partial charge on any atom is -0.378 e. The van der Waals surface area contributed by atoms with Gasteiger partial charge in [0.05, 0.1) is 24.5 Å². The maximum Gasteiger partial charge on any atom is 0.256 e. The van der Waals surface area contributed by atoms with Gasteiger partial charge in [-0.2, -0.15) is 0 Å². The molecule has 3 amide bonds. The Kier molecular flexibility index (Phi) is 4.17. The van der Waals surface area contributed by atoms with Crippen molar-refractivity contribution in [3.63, 3.8) is 0 Å². The average Bonchev–Trinajstić information content (AvgIpc) is 3.13. The van der Waals surface area contributed by atoms with Crippen molar-refractivity contribution in [1.29, 1.82) is 0 Å². The van der Waals surface area contributed by atoms with Gasteiger partial charge in [0.15, 0.2) is 0 Å². The third-order valence-corrected chi connectivity index (χ3v) is 5.15. The van der Waals surface area contributed by atoms with Gasteiger partial charge in [-0.05, 0) is 25.0 Å². The van der Waals surface area contributed by atoms with Crippen LogP contribution in [0, 0.1) is 0 Å². The average molecular weight is 343 g/mol. The van der Waals surface area contributed by atoms with Crippen LogP contribution >= 0.6 is 0 Å². The van der Waals surface area contributed by atoms with E-state index in [2.05, 4.69) is 0 Å². The maximum atomic E-state index is 13.1. The maximum absolute atomic E-state index is 13.1. The van der Waals surface area contributed by atoms with Crippen molar-refractivity contribution in [2.45, 2.75) is 18.9 Å². The summed E-state index contributed by atoms with van der Waals surface area (Å²) in [5.74, 6) is -0.379. The fourth-order valence-electron chi connectivity index (χ4n) is 3.82. The highest BCUT2D eigenvalue weighted by molar-refractivity contribution is 6.12. The van der Waals surface area contributed by atoms with Gasteiger partial charge in [0, 0.05) is 19.6 Å². The summed E-state index contributed by atoms with van der Waals surface area (Å²) in [6.45, 7) is 2.67. The van der Waals surface area contributed by atoms with Gasteiger partial charge in [0.25, 0.3) is 5.91 Å². The first-order chi connectivity index (χ1) is 12.2. The Labute approximate surface area is 146 Å². The SMILES string of the molecule is O=C(CN1C(=O)[C@H]2CCCN2C(=O)c2ccccc21)N1CCOCC1. The molecule has 132 valence electrons. The molecule has 3 aliphatic rings. The van der Waals surface area contributed by atoms with E-state index in [0.29, 0.717) is 50.5 Å². The van der Waals surface area contributed by atoms with Crippen LogP contribution in [0.3, 0.4) is 0 Å². The third-order valence-electron chi connectivity index (χ3n) is 5.15. The molecule has 25 heavy (non-hydrogen) atoms. The smallest absolute Gasteiger partial charge is 0.256 e. The second-order valence-electron chi connectivity index (χ2n) is 6.59. The molecule has 7 heteroatoms. The molecule has 3 heterocycles. The van der Waals surface area contributed by atoms with E-state index in [1.807, 2.05) is 0 Å². The van der Waals surface area contributed by atoms with Crippen LogP contribution in [0.4, 0.5) is 5.69 Å². The molecule has 2 fully saturated rings. The molecule has 7 nitrogen and oxygen atoms in total. The summed E-state index contributed by atoms with van der Waals surface area (Å²) in [6, 6.07) is 6.61. The zero-order chi connectivity index (χ0) is 17.4. The van der Waals surface area contributed by atoms with E-state index >= 15 is 0 Å². The first-order valence-electron chi connectivity index (χ1n) is 8.74. The molecule has 3 aliphatic heterocycles. The molecule has 1 aromatic rings. The summed E-state index contributed by atoms with van der Waals surface area (Å²) in [5, 5.41) is 0. The van der Waals surface area contributed by atoms with Crippen LogP contribution in [-0.2, 0) is 14.3 Å². The van der Waals surface area contributed by atoms with Crippen molar-refractivity contribution in [3.8, 4) is 0 Å². The molecule has 2 saturated heterocycles. The van der Waals surface area contributed by atoms with Crippen molar-refractivity contribution >= 4 is 23.4 Å². The molecule has 0 aromatic heterocycles. The summed E-state index contributed by atoms with van der Waals surface area (Å²) in [6.07, 6.45) is 1.47. The normalized spacial score (nSPS) is 23.4. The number of carbonyl (C=O) groups excluding carboxylic acids is 3. The number of fused-ring (bicyclic) bond motifs is 2. The van der Waals surface area contributed by atoms with E-state index in [0.717, 1.165) is 6.42 Å². The number of hydrogen-bond acceptors (Lipinski definition) is 4. The lowest BCUT2D eigenvalue weighted by Crippen LogP contribution is -2.50. The summed E-state index contributed by atoms with van der Waals surface area (Å²) in [4.78, 5) is 43.5. The van der Waals surface area contributed by atoms with Crippen LogP contribution in [0.15, 0.2) is 24.3 Å². The molecular weight excluding hydrogens is 322 g/mol. The summed E-state index contributed by atoms with van der Waals surface area (Å²) in [5.41, 5.74) is 1.03. The van der Waals surface area contributed by atoms with Gasteiger partial charge >= 0.3 is 0 Å². The largest absolute Gasteiger partial charge is 0.378 e. The van der Waals surface area contributed by atoms with Crippen LogP contribution in [0.1, 0.15) is 23.2 Å². The summed E-state index contributed by atoms with van der Waals surface area (Å²) >= 11 is 0. The van der Waals surface area contributed by atoms with E-state index < -0.39 is 6.04 Å². The topological polar surface area (TPSA) is 70.2 Å². The van der Waals surface area contributed by atoms with Gasteiger partial charge in [-0.25, -0.2) is 0 Å². The number of ether oxygens (including phenoxy) is 1. The first-order valence-corrected chi connectivity index (χ1v) is 8.74. The third kappa shape index (κ3) is 2.78. The lowest BCUT2D eigenvalue weighted by molar-refractivity contribution is -0.135. The number of anilines is 1. The highest BCUT2D eigenvalue weighted by Gasteiger charge is 2.42. The fourth-order valence-corrected chi connectivity index (χ4v) is 3.82. The molecule has 0 N–H and O–H groups in total. The lowest BCUT2D eigenvalue weighted by atomic mass is 10.1. The predicted molar refractivity (Wildman–Crippen MR) is 90.3 cm³/mol. The number of morpholine rings is 1. The number of hydrogen-bond donors (Lipinski definition) is 0. The second-order valence-corrected chi connectivity index (χ2v) is 6.59. The molecule has 1 atom stereocenters. The van der Waals surface area contributed by atoms with Gasteiger partial charge in [-0.1, -0.05) is 12.1 Å². The van der Waals surface area contributed by atoms with Crippen molar-refractivity contribution in [1.82, 2.24) is 9.80 Å². The monoisotopic (exact) mass is 343 g/mol. The Morgan fingerprint density at radius 3 is 2.68 bits per heavy atom. The van der Waals surface area contributed by atoms with E-state index in [1.165, 1.54) is 4.90 Å². The second kappa shape index (κ2) is 6.48. The Morgan fingerprint density at radius 1 is 1.12 bits per heavy atom. The first kappa shape index (κ1) is 16.1. The molecule has 0 radical (unpaired) electrons. The van der Waals surface area contributed by atoms with Crippen molar-refractivity contribution in [2.24, 2.45) is 0 Å². The molecular formula is C18H21N3O4. The molecule has 0 aliphatic carbocycles. The number of amides is 3. The number of nitrogens with zero attached hydrogens (tertiary/aromatic N) is 3. The number of rotatable bonds is 2. The highest BCUT2D eigenvalue weighted by atomic mass is 16.5. The quantitative estimate of drug-likeness (QED) is 0.784. The number of carbonyl (C=O) groups is 3. The van der Waals surface area contributed by atoms with E-state index in [4.69, 9.17) is 4.74 Å². The van der Waals surface area contributed by atoms with E-state index in [-0.39, 0.29) is 24.3 Å². The van der Waals surface area contributed by atoms with Crippen LogP contribution < -0.4 is 4.90 Å². The molecule has 1 aromatic carbocycles. The fraction of sp³-hybridized carbons (Fsp3) is 0.500. The van der Waals surface area contributed by atoms with Gasteiger partial charge in [0.2, 0.25) is 11.8 Å². The zero-order valence-corrected chi connectivity index (χ0v) is 14.0. The zero-order valence-electron chi connectivity index (χ0n) is 14.0. The number of para-hydroxylation sites is 1. The molecule has 0 spiro atoms. The number of benzene rings is 1. The van der Waals surface area contributed by atoms with Crippen LogP contribution in [0.5, 0.6) is 0 Å². The van der Waals surface area contributed by atoms with Gasteiger partial charge in [0.1, 0.15) is 12.6 Å². The Bertz CT molecular complexity index is 714. The standard InChI is InChI=1S/C18H21N3O4/c22-16(19-8-10-25-11-9-19)12-21-14-5-2-1-4-13(14)17(23)20-7-3-6-15(20)18(21)24/h1-2,4-5,15H,3,6-12H2/t15-/m1/s1. The Morgan fingerprint density at radius 2 is 1.88 bits per heavy atom. The van der Waals surface area contributed by atoms with Gasteiger partial charge in [-0.3, -0.25) is 14.4 Å². The van der Waals surface area contributed by atoms with Crippen molar-refractivity contribution in [2.75, 3.05) is 44.3 Å². The Hall–Kier alpha value is -2.41. The minimum atomic E-state index is -0.461. The minimum absolute atomic E-state index is 0.0343. The van der Waals surface area contributed by atoms with Gasteiger partial charge in [-0.15, -0.1) is 0 Å². The van der Waals surface area contributed by atoms with Crippen LogP contribution in [0.2, 0.25) is 0 Å². The van der Waals surface area contributed by atoms with E-state index in [1.54, 1.807) is 34.1 Å². The lowest BCUT2D eigenvalue weighted by Gasteiger charge is -2.31.